The number of rotatable bonds is 4. The van der Waals surface area contributed by atoms with Crippen LogP contribution in [0.2, 0.25) is 0 Å². The molecule has 4 rings (SSSR count). The maximum Gasteiger partial charge on any atom is 0.274 e. The summed E-state index contributed by atoms with van der Waals surface area (Å²) in [7, 11) is 0. The molecule has 3 aromatic rings. The first-order chi connectivity index (χ1) is 14.1. The molecular weight excluding hydrogens is 369 g/mol. The Bertz CT molecular complexity index is 994. The molecule has 2 heterocycles. The van der Waals surface area contributed by atoms with Crippen LogP contribution in [-0.2, 0) is 0 Å². The fraction of sp³-hybridized carbons (Fsp3) is 0.364. The monoisotopic (exact) mass is 393 g/mol. The zero-order chi connectivity index (χ0) is 20.2. The fourth-order valence-electron chi connectivity index (χ4n) is 3.82. The highest BCUT2D eigenvalue weighted by molar-refractivity contribution is 5.98. The second-order valence-corrected chi connectivity index (χ2v) is 7.53. The topological polar surface area (TPSA) is 72.7 Å². The van der Waals surface area contributed by atoms with Crippen LogP contribution in [0, 0.1) is 12.7 Å². The van der Waals surface area contributed by atoms with E-state index in [0.717, 1.165) is 31.2 Å². The van der Waals surface area contributed by atoms with Gasteiger partial charge in [-0.15, -0.1) is 5.10 Å². The Kier molecular flexibility index (Phi) is 5.64. The number of nitrogens with one attached hydrogen (secondary N) is 1. The van der Waals surface area contributed by atoms with Crippen molar-refractivity contribution in [3.8, 4) is 16.9 Å². The zero-order valence-corrected chi connectivity index (χ0v) is 16.4. The van der Waals surface area contributed by atoms with E-state index in [0.29, 0.717) is 16.9 Å². The fourth-order valence-corrected chi connectivity index (χ4v) is 3.82. The lowest BCUT2D eigenvalue weighted by molar-refractivity contribution is 0.0929. The van der Waals surface area contributed by atoms with E-state index in [9.17, 15) is 9.18 Å². The molecule has 0 aliphatic heterocycles. The number of nitrogens with zero attached hydrogens (tertiary/aromatic N) is 4. The van der Waals surface area contributed by atoms with Crippen molar-refractivity contribution in [1.29, 1.82) is 0 Å². The second-order valence-electron chi connectivity index (χ2n) is 7.53. The lowest BCUT2D eigenvalue weighted by Crippen LogP contribution is -2.35. The molecule has 1 amide bonds. The first-order valence-electron chi connectivity index (χ1n) is 10.1. The van der Waals surface area contributed by atoms with Crippen LogP contribution < -0.4 is 5.32 Å². The molecule has 0 radical (unpaired) electrons. The summed E-state index contributed by atoms with van der Waals surface area (Å²) in [5.41, 5.74) is 2.77. The largest absolute Gasteiger partial charge is 0.348 e. The van der Waals surface area contributed by atoms with E-state index >= 15 is 0 Å². The van der Waals surface area contributed by atoms with Gasteiger partial charge in [-0.1, -0.05) is 30.9 Å². The molecule has 150 valence electrons. The predicted molar refractivity (Wildman–Crippen MR) is 108 cm³/mol. The van der Waals surface area contributed by atoms with Crippen molar-refractivity contribution >= 4 is 5.91 Å². The molecule has 29 heavy (non-hydrogen) atoms. The van der Waals surface area contributed by atoms with E-state index in [-0.39, 0.29) is 23.5 Å². The van der Waals surface area contributed by atoms with E-state index in [2.05, 4.69) is 20.6 Å². The molecule has 0 saturated heterocycles. The number of amides is 1. The number of carbonyl (C=O) groups is 1. The van der Waals surface area contributed by atoms with E-state index in [1.165, 1.54) is 18.9 Å². The molecule has 2 aromatic heterocycles. The van der Waals surface area contributed by atoms with Gasteiger partial charge in [-0.25, -0.2) is 9.07 Å². The summed E-state index contributed by atoms with van der Waals surface area (Å²) in [6, 6.07) is 8.51. The molecule has 0 atom stereocenters. The van der Waals surface area contributed by atoms with Crippen LogP contribution in [0.25, 0.3) is 16.9 Å². The molecular formula is C22H24FN5O. The molecule has 7 heteroatoms. The molecule has 1 fully saturated rings. The normalized spacial score (nSPS) is 15.1. The van der Waals surface area contributed by atoms with Crippen molar-refractivity contribution in [2.24, 2.45) is 0 Å². The van der Waals surface area contributed by atoms with Crippen molar-refractivity contribution in [2.45, 2.75) is 51.5 Å². The molecule has 1 aromatic carbocycles. The minimum absolute atomic E-state index is 0.161. The number of hydrogen-bond donors (Lipinski definition) is 1. The van der Waals surface area contributed by atoms with Gasteiger partial charge >= 0.3 is 0 Å². The van der Waals surface area contributed by atoms with E-state index in [1.54, 1.807) is 36.1 Å². The quantitative estimate of drug-likeness (QED) is 0.673. The van der Waals surface area contributed by atoms with Crippen LogP contribution in [0.4, 0.5) is 4.39 Å². The Hall–Kier alpha value is -3.09. The van der Waals surface area contributed by atoms with Gasteiger partial charge in [-0.05, 0) is 55.7 Å². The summed E-state index contributed by atoms with van der Waals surface area (Å²) in [5, 5.41) is 11.6. The van der Waals surface area contributed by atoms with Gasteiger partial charge in [0.15, 0.2) is 5.69 Å². The third-order valence-corrected chi connectivity index (χ3v) is 5.42. The van der Waals surface area contributed by atoms with Gasteiger partial charge in [-0.3, -0.25) is 9.78 Å². The highest BCUT2D eigenvalue weighted by Gasteiger charge is 2.24. The summed E-state index contributed by atoms with van der Waals surface area (Å²) in [6.07, 6.45) is 9.99. The van der Waals surface area contributed by atoms with Gasteiger partial charge in [0.25, 0.3) is 5.91 Å². The lowest BCUT2D eigenvalue weighted by atomic mass is 10.1. The Labute approximate surface area is 169 Å². The second kappa shape index (κ2) is 8.51. The number of halogens is 1. The molecule has 1 N–H and O–H groups in total. The van der Waals surface area contributed by atoms with Crippen LogP contribution >= 0.6 is 0 Å². The van der Waals surface area contributed by atoms with Crippen LogP contribution in [0.15, 0.2) is 42.7 Å². The van der Waals surface area contributed by atoms with Gasteiger partial charge in [0.1, 0.15) is 11.5 Å². The molecule has 1 aliphatic rings. The van der Waals surface area contributed by atoms with Crippen molar-refractivity contribution in [3.63, 3.8) is 0 Å². The van der Waals surface area contributed by atoms with Gasteiger partial charge in [-0.2, -0.15) is 0 Å². The van der Waals surface area contributed by atoms with Gasteiger partial charge < -0.3 is 5.32 Å². The SMILES string of the molecule is Cc1cc(-n2nnc(C(=O)NC3CCCCCC3)c2-c2ccncc2)ccc1F. The summed E-state index contributed by atoms with van der Waals surface area (Å²) in [5.74, 6) is -0.514. The van der Waals surface area contributed by atoms with Gasteiger partial charge in [0.05, 0.1) is 5.69 Å². The Morgan fingerprint density at radius 1 is 1.10 bits per heavy atom. The number of pyridine rings is 1. The van der Waals surface area contributed by atoms with Crippen LogP contribution in [0.1, 0.15) is 54.6 Å². The summed E-state index contributed by atoms with van der Waals surface area (Å²) in [4.78, 5) is 17.1. The minimum Gasteiger partial charge on any atom is -0.348 e. The summed E-state index contributed by atoms with van der Waals surface area (Å²) >= 11 is 0. The Balaban J connectivity index is 1.73. The average molecular weight is 393 g/mol. The van der Waals surface area contributed by atoms with Gasteiger partial charge in [0.2, 0.25) is 0 Å². The Morgan fingerprint density at radius 2 is 1.83 bits per heavy atom. The Morgan fingerprint density at radius 3 is 2.52 bits per heavy atom. The smallest absolute Gasteiger partial charge is 0.274 e. The highest BCUT2D eigenvalue weighted by atomic mass is 19.1. The molecule has 1 aliphatic carbocycles. The zero-order valence-electron chi connectivity index (χ0n) is 16.4. The van der Waals surface area contributed by atoms with Crippen molar-refractivity contribution < 1.29 is 9.18 Å². The van der Waals surface area contributed by atoms with Crippen LogP contribution in [0.5, 0.6) is 0 Å². The molecule has 0 bridgehead atoms. The average Bonchev–Trinajstić information content (AvgIpc) is 3.02. The number of aromatic nitrogens is 4. The van der Waals surface area contributed by atoms with Crippen molar-refractivity contribution in [3.05, 3.63) is 59.8 Å². The van der Waals surface area contributed by atoms with Gasteiger partial charge in [0, 0.05) is 24.0 Å². The summed E-state index contributed by atoms with van der Waals surface area (Å²) < 4.78 is 15.3. The number of carbonyl (C=O) groups excluding carboxylic acids is 1. The number of aryl methyl sites for hydroxylation is 1. The van der Waals surface area contributed by atoms with E-state index < -0.39 is 0 Å². The molecule has 1 saturated carbocycles. The number of hydrogen-bond acceptors (Lipinski definition) is 4. The lowest BCUT2D eigenvalue weighted by Gasteiger charge is -2.16. The van der Waals surface area contributed by atoms with Crippen LogP contribution in [0.3, 0.4) is 0 Å². The van der Waals surface area contributed by atoms with Crippen LogP contribution in [-0.4, -0.2) is 31.9 Å². The standard InChI is InChI=1S/C22H24FN5O/c1-15-14-18(8-9-19(15)23)28-21(16-10-12-24-13-11-16)20(26-27-28)22(29)25-17-6-4-2-3-5-7-17/h8-14,17H,2-7H2,1H3,(H,25,29). The van der Waals surface area contributed by atoms with Crippen molar-refractivity contribution in [2.75, 3.05) is 0 Å². The van der Waals surface area contributed by atoms with Crippen molar-refractivity contribution in [1.82, 2.24) is 25.3 Å². The van der Waals surface area contributed by atoms with E-state index in [4.69, 9.17) is 0 Å². The highest BCUT2D eigenvalue weighted by Crippen LogP contribution is 2.26. The first kappa shape index (κ1) is 19.2. The summed E-state index contributed by atoms with van der Waals surface area (Å²) in [6.45, 7) is 1.70. The molecule has 0 unspecified atom stereocenters. The maximum absolute atomic E-state index is 13.7. The number of benzene rings is 1. The molecule has 0 spiro atoms. The third kappa shape index (κ3) is 4.18. The minimum atomic E-state index is -0.286. The maximum atomic E-state index is 13.7. The first-order valence-corrected chi connectivity index (χ1v) is 10.1. The third-order valence-electron chi connectivity index (χ3n) is 5.42. The molecule has 6 nitrogen and oxygen atoms in total. The van der Waals surface area contributed by atoms with E-state index in [1.807, 2.05) is 12.1 Å². The predicted octanol–water partition coefficient (Wildman–Crippen LogP) is 4.23.